The van der Waals surface area contributed by atoms with Crippen LogP contribution >= 0.6 is 24.8 Å². The number of halogens is 2. The molecule has 2 aliphatic heterocycles. The zero-order chi connectivity index (χ0) is 17.9. The lowest BCUT2D eigenvalue weighted by Gasteiger charge is -2.23. The zero-order valence-corrected chi connectivity index (χ0v) is 17.6. The highest BCUT2D eigenvalue weighted by Gasteiger charge is 2.23. The SMILES string of the molecule is Cc1c(C(=O)Nc2ccc(N3CCCC3)nc2)nnn1C1CCNCC1.Cl.Cl. The number of amides is 1. The molecule has 2 N–H and O–H groups in total. The number of hydrogen-bond donors (Lipinski definition) is 2. The van der Waals surface area contributed by atoms with Gasteiger partial charge in [-0.05, 0) is 57.8 Å². The molecular formula is C18H27Cl2N7O. The first-order valence-electron chi connectivity index (χ1n) is 9.37. The normalized spacial score (nSPS) is 17.0. The van der Waals surface area contributed by atoms with E-state index < -0.39 is 0 Å². The molecule has 10 heteroatoms. The maximum Gasteiger partial charge on any atom is 0.278 e. The van der Waals surface area contributed by atoms with E-state index in [-0.39, 0.29) is 30.7 Å². The average Bonchev–Trinajstić information content (AvgIpc) is 3.33. The summed E-state index contributed by atoms with van der Waals surface area (Å²) >= 11 is 0. The van der Waals surface area contributed by atoms with Gasteiger partial charge in [-0.3, -0.25) is 4.79 Å². The third-order valence-electron chi connectivity index (χ3n) is 5.23. The minimum atomic E-state index is -0.238. The van der Waals surface area contributed by atoms with E-state index in [2.05, 4.69) is 30.8 Å². The molecule has 28 heavy (non-hydrogen) atoms. The van der Waals surface area contributed by atoms with Crippen LogP contribution in [-0.2, 0) is 0 Å². The topological polar surface area (TPSA) is 88.0 Å². The van der Waals surface area contributed by atoms with E-state index in [0.717, 1.165) is 50.5 Å². The highest BCUT2D eigenvalue weighted by molar-refractivity contribution is 6.03. The van der Waals surface area contributed by atoms with E-state index in [4.69, 9.17) is 0 Å². The number of rotatable bonds is 4. The fourth-order valence-electron chi connectivity index (χ4n) is 3.73. The van der Waals surface area contributed by atoms with Crippen molar-refractivity contribution in [2.24, 2.45) is 0 Å². The monoisotopic (exact) mass is 427 g/mol. The van der Waals surface area contributed by atoms with Crippen molar-refractivity contribution in [1.82, 2.24) is 25.3 Å². The summed E-state index contributed by atoms with van der Waals surface area (Å²) in [5.74, 6) is 0.729. The van der Waals surface area contributed by atoms with Crippen LogP contribution in [0.3, 0.4) is 0 Å². The molecule has 0 aromatic carbocycles. The summed E-state index contributed by atoms with van der Waals surface area (Å²) < 4.78 is 1.89. The van der Waals surface area contributed by atoms with Gasteiger partial charge in [0.15, 0.2) is 5.69 Å². The van der Waals surface area contributed by atoms with Crippen molar-refractivity contribution >= 4 is 42.2 Å². The van der Waals surface area contributed by atoms with Gasteiger partial charge in [0.05, 0.1) is 23.6 Å². The number of anilines is 2. The molecule has 2 aromatic heterocycles. The molecule has 154 valence electrons. The molecule has 2 fully saturated rings. The van der Waals surface area contributed by atoms with Gasteiger partial charge in [0.2, 0.25) is 0 Å². The van der Waals surface area contributed by atoms with Crippen molar-refractivity contribution in [3.8, 4) is 0 Å². The molecule has 0 saturated carbocycles. The Balaban J connectivity index is 0.00000140. The number of nitrogens with one attached hydrogen (secondary N) is 2. The van der Waals surface area contributed by atoms with Gasteiger partial charge in [0.1, 0.15) is 5.82 Å². The highest BCUT2D eigenvalue weighted by Crippen LogP contribution is 2.22. The molecule has 4 rings (SSSR count). The molecule has 0 atom stereocenters. The van der Waals surface area contributed by atoms with Crippen LogP contribution < -0.4 is 15.5 Å². The Labute approximate surface area is 177 Å². The van der Waals surface area contributed by atoms with Gasteiger partial charge in [-0.1, -0.05) is 5.21 Å². The molecule has 4 heterocycles. The lowest BCUT2D eigenvalue weighted by Crippen LogP contribution is -2.30. The predicted molar refractivity (Wildman–Crippen MR) is 114 cm³/mol. The molecule has 1 amide bonds. The van der Waals surface area contributed by atoms with E-state index in [0.29, 0.717) is 17.4 Å². The van der Waals surface area contributed by atoms with E-state index >= 15 is 0 Å². The molecule has 2 aliphatic rings. The Morgan fingerprint density at radius 2 is 1.89 bits per heavy atom. The van der Waals surface area contributed by atoms with Gasteiger partial charge in [-0.15, -0.1) is 29.9 Å². The van der Waals surface area contributed by atoms with Crippen molar-refractivity contribution in [2.45, 2.75) is 38.6 Å². The largest absolute Gasteiger partial charge is 0.357 e. The summed E-state index contributed by atoms with van der Waals surface area (Å²) in [5, 5.41) is 14.6. The Morgan fingerprint density at radius 1 is 1.18 bits per heavy atom. The first-order valence-corrected chi connectivity index (χ1v) is 9.37. The van der Waals surface area contributed by atoms with Gasteiger partial charge >= 0.3 is 0 Å². The summed E-state index contributed by atoms with van der Waals surface area (Å²) in [4.78, 5) is 19.3. The average molecular weight is 428 g/mol. The van der Waals surface area contributed by atoms with Crippen molar-refractivity contribution in [3.05, 3.63) is 29.7 Å². The molecule has 0 radical (unpaired) electrons. The lowest BCUT2D eigenvalue weighted by atomic mass is 10.1. The van der Waals surface area contributed by atoms with Crippen LogP contribution in [0.1, 0.15) is 47.9 Å². The van der Waals surface area contributed by atoms with E-state index in [1.807, 2.05) is 23.7 Å². The minimum absolute atomic E-state index is 0. The first kappa shape index (κ1) is 22.4. The summed E-state index contributed by atoms with van der Waals surface area (Å²) in [7, 11) is 0. The third-order valence-corrected chi connectivity index (χ3v) is 5.23. The lowest BCUT2D eigenvalue weighted by molar-refractivity contribution is 0.102. The Bertz CT molecular complexity index is 769. The van der Waals surface area contributed by atoms with E-state index in [1.54, 1.807) is 6.20 Å². The van der Waals surface area contributed by atoms with Crippen LogP contribution in [0.4, 0.5) is 11.5 Å². The second-order valence-electron chi connectivity index (χ2n) is 7.00. The zero-order valence-electron chi connectivity index (χ0n) is 15.9. The van der Waals surface area contributed by atoms with Gasteiger partial charge < -0.3 is 15.5 Å². The number of aromatic nitrogens is 4. The molecule has 2 saturated heterocycles. The standard InChI is InChI=1S/C18H25N7O.2ClH/c1-13-17(22-23-25(13)15-6-8-19-9-7-15)18(26)21-14-4-5-16(20-12-14)24-10-2-3-11-24;;/h4-5,12,15,19H,2-3,6-11H2,1H3,(H,21,26);2*1H. The van der Waals surface area contributed by atoms with Gasteiger partial charge in [0, 0.05) is 13.1 Å². The predicted octanol–water partition coefficient (Wildman–Crippen LogP) is 2.60. The number of hydrogen-bond acceptors (Lipinski definition) is 6. The molecule has 8 nitrogen and oxygen atoms in total. The summed E-state index contributed by atoms with van der Waals surface area (Å²) in [6, 6.07) is 4.16. The van der Waals surface area contributed by atoms with Crippen molar-refractivity contribution in [1.29, 1.82) is 0 Å². The van der Waals surface area contributed by atoms with Crippen LogP contribution in [-0.4, -0.2) is 52.1 Å². The molecule has 0 bridgehead atoms. The molecule has 2 aromatic rings. The Morgan fingerprint density at radius 3 is 2.54 bits per heavy atom. The fraction of sp³-hybridized carbons (Fsp3) is 0.556. The quantitative estimate of drug-likeness (QED) is 0.779. The van der Waals surface area contributed by atoms with Crippen LogP contribution in [0.25, 0.3) is 0 Å². The van der Waals surface area contributed by atoms with E-state index in [9.17, 15) is 4.79 Å². The first-order chi connectivity index (χ1) is 12.7. The minimum Gasteiger partial charge on any atom is -0.357 e. The van der Waals surface area contributed by atoms with Crippen molar-refractivity contribution in [3.63, 3.8) is 0 Å². The Kier molecular flexibility index (Phi) is 8.03. The highest BCUT2D eigenvalue weighted by atomic mass is 35.5. The molecule has 0 unspecified atom stereocenters. The van der Waals surface area contributed by atoms with Gasteiger partial charge in [-0.25, -0.2) is 9.67 Å². The Hall–Kier alpha value is -1.90. The summed E-state index contributed by atoms with van der Waals surface area (Å²) in [6.45, 7) is 5.96. The number of nitrogens with zero attached hydrogens (tertiary/aromatic N) is 5. The second kappa shape index (κ2) is 10.0. The van der Waals surface area contributed by atoms with Crippen LogP contribution in [0, 0.1) is 6.92 Å². The maximum absolute atomic E-state index is 12.6. The third kappa shape index (κ3) is 4.74. The summed E-state index contributed by atoms with van der Waals surface area (Å²) in [5.41, 5.74) is 1.87. The smallest absolute Gasteiger partial charge is 0.278 e. The van der Waals surface area contributed by atoms with Crippen molar-refractivity contribution in [2.75, 3.05) is 36.4 Å². The van der Waals surface area contributed by atoms with Crippen LogP contribution in [0.5, 0.6) is 0 Å². The number of carbonyl (C=O) groups excluding carboxylic acids is 1. The number of piperidine rings is 1. The van der Waals surface area contributed by atoms with Crippen molar-refractivity contribution < 1.29 is 4.79 Å². The number of carbonyl (C=O) groups is 1. The van der Waals surface area contributed by atoms with Gasteiger partial charge in [-0.2, -0.15) is 0 Å². The molecular weight excluding hydrogens is 401 g/mol. The fourth-order valence-corrected chi connectivity index (χ4v) is 3.73. The summed E-state index contributed by atoms with van der Waals surface area (Å²) in [6.07, 6.45) is 6.15. The molecule has 0 aliphatic carbocycles. The van der Waals surface area contributed by atoms with Crippen LogP contribution in [0.15, 0.2) is 18.3 Å². The maximum atomic E-state index is 12.6. The number of pyridine rings is 1. The van der Waals surface area contributed by atoms with Crippen LogP contribution in [0.2, 0.25) is 0 Å². The van der Waals surface area contributed by atoms with E-state index in [1.165, 1.54) is 12.8 Å². The molecule has 0 spiro atoms. The second-order valence-corrected chi connectivity index (χ2v) is 7.00. The van der Waals surface area contributed by atoms with Gasteiger partial charge in [0.25, 0.3) is 5.91 Å².